The SMILES string of the molecule is CCNC(=NCC1CCS(=O)(=O)C1)NC(C)c1ccc(OCC2CC2)c(F)c1. The normalized spacial score (nSPS) is 22.7. The average molecular weight is 412 g/mol. The number of nitrogens with one attached hydrogen (secondary N) is 2. The first-order valence-corrected chi connectivity index (χ1v) is 11.9. The van der Waals surface area contributed by atoms with Crippen LogP contribution in [0.5, 0.6) is 5.75 Å². The quantitative estimate of drug-likeness (QED) is 0.508. The summed E-state index contributed by atoms with van der Waals surface area (Å²) in [5, 5.41) is 6.43. The number of nitrogens with zero attached hydrogens (tertiary/aromatic N) is 1. The molecule has 8 heteroatoms. The average Bonchev–Trinajstić information content (AvgIpc) is 3.41. The van der Waals surface area contributed by atoms with E-state index in [9.17, 15) is 12.8 Å². The third-order valence-electron chi connectivity index (χ3n) is 5.16. The van der Waals surface area contributed by atoms with E-state index < -0.39 is 9.84 Å². The maximum atomic E-state index is 14.3. The highest BCUT2D eigenvalue weighted by atomic mass is 32.2. The van der Waals surface area contributed by atoms with Crippen LogP contribution in [0.3, 0.4) is 0 Å². The van der Waals surface area contributed by atoms with Gasteiger partial charge in [0.1, 0.15) is 0 Å². The molecule has 28 heavy (non-hydrogen) atoms. The maximum Gasteiger partial charge on any atom is 0.191 e. The summed E-state index contributed by atoms with van der Waals surface area (Å²) in [6.07, 6.45) is 2.99. The lowest BCUT2D eigenvalue weighted by atomic mass is 10.1. The van der Waals surface area contributed by atoms with Crippen LogP contribution in [0.25, 0.3) is 0 Å². The van der Waals surface area contributed by atoms with E-state index in [4.69, 9.17) is 4.74 Å². The fourth-order valence-electron chi connectivity index (χ4n) is 3.24. The molecule has 1 aromatic rings. The summed E-state index contributed by atoms with van der Waals surface area (Å²) in [6.45, 7) is 5.63. The Morgan fingerprint density at radius 2 is 2.11 bits per heavy atom. The van der Waals surface area contributed by atoms with Crippen molar-refractivity contribution in [2.45, 2.75) is 39.2 Å². The standard InChI is InChI=1S/C20H30FN3O3S/c1-3-22-20(23-11-16-8-9-28(25,26)13-16)24-14(2)17-6-7-19(18(21)10-17)27-12-15-4-5-15/h6-7,10,14-16H,3-5,8-9,11-13H2,1-2H3,(H2,22,23,24). The molecule has 3 rings (SSSR count). The zero-order valence-corrected chi connectivity index (χ0v) is 17.4. The molecule has 0 radical (unpaired) electrons. The molecule has 1 saturated heterocycles. The second kappa shape index (κ2) is 9.11. The van der Waals surface area contributed by atoms with Crippen LogP contribution in [0, 0.1) is 17.7 Å². The first-order chi connectivity index (χ1) is 13.4. The number of rotatable bonds is 8. The first-order valence-electron chi connectivity index (χ1n) is 10.0. The van der Waals surface area contributed by atoms with Crippen molar-refractivity contribution in [3.8, 4) is 5.75 Å². The van der Waals surface area contributed by atoms with E-state index in [-0.39, 0.29) is 29.3 Å². The van der Waals surface area contributed by atoms with Gasteiger partial charge >= 0.3 is 0 Å². The lowest BCUT2D eigenvalue weighted by Gasteiger charge is -2.19. The molecule has 2 N–H and O–H groups in total. The molecule has 2 fully saturated rings. The Labute approximate surface area is 166 Å². The van der Waals surface area contributed by atoms with Gasteiger partial charge in [0.2, 0.25) is 0 Å². The van der Waals surface area contributed by atoms with Crippen LogP contribution in [0.4, 0.5) is 4.39 Å². The minimum Gasteiger partial charge on any atom is -0.490 e. The minimum atomic E-state index is -2.90. The second-order valence-electron chi connectivity index (χ2n) is 7.80. The third-order valence-corrected chi connectivity index (χ3v) is 7.00. The van der Waals surface area contributed by atoms with Crippen molar-refractivity contribution >= 4 is 15.8 Å². The van der Waals surface area contributed by atoms with Crippen molar-refractivity contribution in [2.24, 2.45) is 16.8 Å². The molecule has 0 spiro atoms. The lowest BCUT2D eigenvalue weighted by Crippen LogP contribution is -2.39. The van der Waals surface area contributed by atoms with Gasteiger partial charge in [-0.2, -0.15) is 0 Å². The zero-order chi connectivity index (χ0) is 20.1. The van der Waals surface area contributed by atoms with Crippen LogP contribution in [-0.2, 0) is 9.84 Å². The van der Waals surface area contributed by atoms with Gasteiger partial charge in [0, 0.05) is 13.1 Å². The highest BCUT2D eigenvalue weighted by Crippen LogP contribution is 2.30. The van der Waals surface area contributed by atoms with Crippen molar-refractivity contribution in [1.82, 2.24) is 10.6 Å². The van der Waals surface area contributed by atoms with E-state index in [0.29, 0.717) is 43.7 Å². The van der Waals surface area contributed by atoms with E-state index in [2.05, 4.69) is 15.6 Å². The summed E-state index contributed by atoms with van der Waals surface area (Å²) in [4.78, 5) is 4.53. The molecule has 1 saturated carbocycles. The fourth-order valence-corrected chi connectivity index (χ4v) is 5.09. The van der Waals surface area contributed by atoms with Gasteiger partial charge in [0.25, 0.3) is 0 Å². The van der Waals surface area contributed by atoms with E-state index >= 15 is 0 Å². The molecule has 0 amide bonds. The van der Waals surface area contributed by atoms with E-state index in [1.54, 1.807) is 6.07 Å². The number of guanidine groups is 1. The van der Waals surface area contributed by atoms with Gasteiger partial charge in [-0.25, -0.2) is 12.8 Å². The summed E-state index contributed by atoms with van der Waals surface area (Å²) in [5.74, 6) is 1.65. The number of halogens is 1. The predicted molar refractivity (Wildman–Crippen MR) is 109 cm³/mol. The van der Waals surface area contributed by atoms with Crippen molar-refractivity contribution < 1.29 is 17.5 Å². The van der Waals surface area contributed by atoms with Crippen LogP contribution in [0.1, 0.15) is 44.7 Å². The Hall–Kier alpha value is -1.83. The molecule has 2 atom stereocenters. The predicted octanol–water partition coefficient (Wildman–Crippen LogP) is 2.67. The Balaban J connectivity index is 1.58. The Morgan fingerprint density at radius 1 is 1.32 bits per heavy atom. The Morgan fingerprint density at radius 3 is 2.71 bits per heavy atom. The van der Waals surface area contributed by atoms with Crippen LogP contribution >= 0.6 is 0 Å². The number of benzene rings is 1. The number of hydrogen-bond donors (Lipinski definition) is 2. The molecule has 1 aromatic carbocycles. The van der Waals surface area contributed by atoms with E-state index in [0.717, 1.165) is 5.56 Å². The lowest BCUT2D eigenvalue weighted by molar-refractivity contribution is 0.285. The van der Waals surface area contributed by atoms with Gasteiger partial charge in [-0.05, 0) is 62.6 Å². The topological polar surface area (TPSA) is 79.8 Å². The van der Waals surface area contributed by atoms with Gasteiger partial charge in [-0.1, -0.05) is 6.07 Å². The largest absolute Gasteiger partial charge is 0.490 e. The summed E-state index contributed by atoms with van der Waals surface area (Å²) >= 11 is 0. The molecule has 6 nitrogen and oxygen atoms in total. The van der Waals surface area contributed by atoms with Crippen molar-refractivity contribution in [3.05, 3.63) is 29.6 Å². The van der Waals surface area contributed by atoms with Gasteiger partial charge in [-0.3, -0.25) is 4.99 Å². The van der Waals surface area contributed by atoms with Crippen LogP contribution in [-0.4, -0.2) is 45.6 Å². The molecule has 1 aliphatic carbocycles. The smallest absolute Gasteiger partial charge is 0.191 e. The molecule has 1 aliphatic heterocycles. The molecule has 156 valence electrons. The number of ether oxygens (including phenoxy) is 1. The Bertz CT molecular complexity index is 809. The number of hydrogen-bond acceptors (Lipinski definition) is 4. The summed E-state index contributed by atoms with van der Waals surface area (Å²) < 4.78 is 43.1. The van der Waals surface area contributed by atoms with E-state index in [1.807, 2.05) is 19.9 Å². The molecular formula is C20H30FN3O3S. The zero-order valence-electron chi connectivity index (χ0n) is 16.6. The van der Waals surface area contributed by atoms with Gasteiger partial charge < -0.3 is 15.4 Å². The summed E-state index contributed by atoms with van der Waals surface area (Å²) in [5.41, 5.74) is 0.797. The minimum absolute atomic E-state index is 0.0658. The molecule has 1 heterocycles. The molecule has 0 bridgehead atoms. The van der Waals surface area contributed by atoms with Crippen molar-refractivity contribution in [3.63, 3.8) is 0 Å². The molecule has 0 aromatic heterocycles. The molecule has 2 unspecified atom stereocenters. The number of aliphatic imine (C=N–C) groups is 1. The van der Waals surface area contributed by atoms with Crippen LogP contribution in [0.15, 0.2) is 23.2 Å². The fraction of sp³-hybridized carbons (Fsp3) is 0.650. The second-order valence-corrected chi connectivity index (χ2v) is 10.0. The first kappa shape index (κ1) is 20.9. The molecule has 2 aliphatic rings. The maximum absolute atomic E-state index is 14.3. The van der Waals surface area contributed by atoms with Crippen LogP contribution < -0.4 is 15.4 Å². The monoisotopic (exact) mass is 411 g/mol. The summed E-state index contributed by atoms with van der Waals surface area (Å²) in [6, 6.07) is 4.87. The van der Waals surface area contributed by atoms with Gasteiger partial charge in [0.15, 0.2) is 27.4 Å². The van der Waals surface area contributed by atoms with Gasteiger partial charge in [-0.15, -0.1) is 0 Å². The van der Waals surface area contributed by atoms with E-state index in [1.165, 1.54) is 18.9 Å². The van der Waals surface area contributed by atoms with Crippen molar-refractivity contribution in [1.29, 1.82) is 0 Å². The number of sulfone groups is 1. The summed E-state index contributed by atoms with van der Waals surface area (Å²) in [7, 11) is -2.90. The highest BCUT2D eigenvalue weighted by Gasteiger charge is 2.27. The Kier molecular flexibility index (Phi) is 6.80. The highest BCUT2D eigenvalue weighted by molar-refractivity contribution is 7.91. The van der Waals surface area contributed by atoms with Crippen molar-refractivity contribution in [2.75, 3.05) is 31.2 Å². The molecular weight excluding hydrogens is 381 g/mol. The van der Waals surface area contributed by atoms with Crippen LogP contribution in [0.2, 0.25) is 0 Å². The third kappa shape index (κ3) is 6.09. The van der Waals surface area contributed by atoms with Gasteiger partial charge in [0.05, 0.1) is 24.2 Å².